The van der Waals surface area contributed by atoms with Crippen molar-refractivity contribution in [1.29, 1.82) is 5.26 Å². The van der Waals surface area contributed by atoms with E-state index in [1.807, 2.05) is 0 Å². The summed E-state index contributed by atoms with van der Waals surface area (Å²) in [7, 11) is 0. The Balaban J connectivity index is 0. The maximum atomic E-state index is 7.51. The van der Waals surface area contributed by atoms with Gasteiger partial charge in [0, 0.05) is 6.08 Å². The quantitative estimate of drug-likeness (QED) is 0.347. The molecular weight excluding hydrogens is 290 g/mol. The van der Waals surface area contributed by atoms with Gasteiger partial charge in [-0.3, -0.25) is 0 Å². The molecule has 134 valence electrons. The first-order chi connectivity index (χ1) is 11.7. The Labute approximate surface area is 151 Å². The van der Waals surface area contributed by atoms with Gasteiger partial charge in [0.15, 0.2) is 0 Å². The van der Waals surface area contributed by atoms with Crippen molar-refractivity contribution in [3.05, 3.63) is 60.7 Å². The van der Waals surface area contributed by atoms with Crippen LogP contribution in [0.15, 0.2) is 44.0 Å². The van der Waals surface area contributed by atoms with E-state index in [-0.39, 0.29) is 0 Å². The fourth-order valence-corrected chi connectivity index (χ4v) is 2.57. The van der Waals surface area contributed by atoms with Crippen LogP contribution >= 0.6 is 0 Å². The summed E-state index contributed by atoms with van der Waals surface area (Å²) >= 11 is 0. The Morgan fingerprint density at radius 1 is 0.875 bits per heavy atom. The molecule has 0 aliphatic rings. The van der Waals surface area contributed by atoms with Crippen molar-refractivity contribution >= 4 is 0 Å². The highest BCUT2D eigenvalue weighted by Gasteiger charge is 2.07. The molecule has 24 heavy (non-hydrogen) atoms. The maximum Gasteiger partial charge on any atom is 0.0905 e. The average Bonchev–Trinajstić information content (AvgIpc) is 2.65. The first kappa shape index (κ1) is 24.4. The van der Waals surface area contributed by atoms with Gasteiger partial charge in [0.25, 0.3) is 0 Å². The fourth-order valence-electron chi connectivity index (χ4n) is 2.57. The molecule has 1 aromatic rings. The molecule has 0 fully saturated rings. The third kappa shape index (κ3) is 11.7. The van der Waals surface area contributed by atoms with Gasteiger partial charge < -0.3 is 0 Å². The summed E-state index contributed by atoms with van der Waals surface area (Å²) in [5, 5.41) is 7.51. The van der Waals surface area contributed by atoms with Gasteiger partial charge in [-0.05, 0) is 55.2 Å². The summed E-state index contributed by atoms with van der Waals surface area (Å²) in [6.45, 7) is 16.0. The van der Waals surface area contributed by atoms with Crippen molar-refractivity contribution in [1.82, 2.24) is 0 Å². The van der Waals surface area contributed by atoms with Crippen LogP contribution in [0.5, 0.6) is 0 Å². The Bertz CT molecular complexity index is 427. The van der Waals surface area contributed by atoms with Crippen molar-refractivity contribution in [3.8, 4) is 6.07 Å². The summed E-state index contributed by atoms with van der Waals surface area (Å²) in [5.74, 6) is 0. The molecule has 0 aliphatic carbocycles. The highest BCUT2D eigenvalue weighted by Crippen LogP contribution is 2.21. The van der Waals surface area contributed by atoms with Gasteiger partial charge in [-0.1, -0.05) is 64.8 Å². The molecule has 1 heteroatoms. The third-order valence-corrected chi connectivity index (χ3v) is 3.84. The molecule has 0 aromatic heterocycles. The van der Waals surface area contributed by atoms with E-state index in [2.05, 4.69) is 58.7 Å². The monoisotopic (exact) mass is 327 g/mol. The summed E-state index contributed by atoms with van der Waals surface area (Å²) in [6.07, 6.45) is 12.9. The van der Waals surface area contributed by atoms with E-state index in [0.717, 1.165) is 0 Å². The molecule has 0 saturated carbocycles. The summed E-state index contributed by atoms with van der Waals surface area (Å²) in [4.78, 5) is 0. The van der Waals surface area contributed by atoms with E-state index in [4.69, 9.17) is 5.26 Å². The molecule has 1 aromatic carbocycles. The lowest BCUT2D eigenvalue weighted by molar-refractivity contribution is 0.735. The molecule has 0 saturated heterocycles. The average molecular weight is 328 g/mol. The Morgan fingerprint density at radius 3 is 1.58 bits per heavy atom. The zero-order valence-electron chi connectivity index (χ0n) is 16.2. The van der Waals surface area contributed by atoms with Crippen molar-refractivity contribution in [2.75, 3.05) is 0 Å². The molecule has 0 amide bonds. The summed E-state index contributed by atoms with van der Waals surface area (Å²) in [6, 6.07) is 8.68. The van der Waals surface area contributed by atoms with E-state index < -0.39 is 0 Å². The van der Waals surface area contributed by atoms with E-state index in [1.54, 1.807) is 22.8 Å². The lowest BCUT2D eigenvalue weighted by atomic mass is 9.91. The molecule has 0 aliphatic heterocycles. The molecular formula is C23H37N. The van der Waals surface area contributed by atoms with Gasteiger partial charge >= 0.3 is 0 Å². The predicted octanol–water partition coefficient (Wildman–Crippen LogP) is 7.21. The van der Waals surface area contributed by atoms with Gasteiger partial charge in [-0.2, -0.15) is 5.26 Å². The molecule has 0 radical (unpaired) electrons. The number of rotatable bonds is 9. The smallest absolute Gasteiger partial charge is 0.0905 e. The molecule has 0 unspecified atom stereocenters. The molecule has 0 bridgehead atoms. The summed E-state index contributed by atoms with van der Waals surface area (Å²) in [5.41, 5.74) is 4.93. The molecule has 1 rings (SSSR count). The van der Waals surface area contributed by atoms with Crippen LogP contribution in [0.1, 0.15) is 76.0 Å². The number of aryl methyl sites for hydroxylation is 2. The van der Waals surface area contributed by atoms with Crippen LogP contribution in [0, 0.1) is 11.3 Å². The van der Waals surface area contributed by atoms with Crippen LogP contribution in [0.25, 0.3) is 0 Å². The molecule has 0 heterocycles. The number of nitrogens with zero attached hydrogens (tertiary/aromatic N) is 1. The standard InChI is InChI=1S/C18H30.C3H3N.C2H4/c1-4-7-11-16-13-10-14-17(12-8-5-2)18(16)15-9-6-3;1-2-3-4;1-2/h10,13-14H,4-9,11-12,15H2,1-3H3;2H,1H2;1-2H2. The number of allylic oxidation sites excluding steroid dienone is 1. The summed E-state index contributed by atoms with van der Waals surface area (Å²) < 4.78 is 0. The van der Waals surface area contributed by atoms with Crippen LogP contribution in [0.4, 0.5) is 0 Å². The number of nitriles is 1. The second-order valence-corrected chi connectivity index (χ2v) is 5.70. The first-order valence-electron chi connectivity index (χ1n) is 9.35. The zero-order chi connectivity index (χ0) is 18.6. The van der Waals surface area contributed by atoms with Crippen LogP contribution in [-0.2, 0) is 19.3 Å². The lowest BCUT2D eigenvalue weighted by Crippen LogP contribution is -2.01. The van der Waals surface area contributed by atoms with Gasteiger partial charge in [-0.15, -0.1) is 13.2 Å². The van der Waals surface area contributed by atoms with E-state index >= 15 is 0 Å². The normalized spacial score (nSPS) is 8.92. The molecule has 0 atom stereocenters. The van der Waals surface area contributed by atoms with Crippen molar-refractivity contribution in [3.63, 3.8) is 0 Å². The fraction of sp³-hybridized carbons (Fsp3) is 0.522. The number of benzene rings is 1. The SMILES string of the molecule is C=C.C=CC#N.CCCCc1cccc(CCCC)c1CCCC. The second-order valence-electron chi connectivity index (χ2n) is 5.70. The van der Waals surface area contributed by atoms with Crippen molar-refractivity contribution in [2.24, 2.45) is 0 Å². The Morgan fingerprint density at radius 2 is 1.25 bits per heavy atom. The van der Waals surface area contributed by atoms with Gasteiger partial charge in [0.2, 0.25) is 0 Å². The first-order valence-corrected chi connectivity index (χ1v) is 9.35. The van der Waals surface area contributed by atoms with E-state index in [9.17, 15) is 0 Å². The maximum absolute atomic E-state index is 7.51. The minimum absolute atomic E-state index is 1.18. The third-order valence-electron chi connectivity index (χ3n) is 3.84. The van der Waals surface area contributed by atoms with Crippen molar-refractivity contribution in [2.45, 2.75) is 78.6 Å². The van der Waals surface area contributed by atoms with Crippen LogP contribution < -0.4 is 0 Å². The van der Waals surface area contributed by atoms with E-state index in [0.29, 0.717) is 0 Å². The van der Waals surface area contributed by atoms with Gasteiger partial charge in [-0.25, -0.2) is 0 Å². The van der Waals surface area contributed by atoms with Crippen LogP contribution in [0.3, 0.4) is 0 Å². The number of hydrogen-bond acceptors (Lipinski definition) is 1. The van der Waals surface area contributed by atoms with Gasteiger partial charge in [0.05, 0.1) is 6.07 Å². The van der Waals surface area contributed by atoms with E-state index in [1.165, 1.54) is 63.9 Å². The topological polar surface area (TPSA) is 23.8 Å². The van der Waals surface area contributed by atoms with Gasteiger partial charge in [0.1, 0.15) is 0 Å². The molecule has 0 spiro atoms. The Hall–Kier alpha value is -1.81. The molecule has 1 nitrogen and oxygen atoms in total. The number of unbranched alkanes of at least 4 members (excludes halogenated alkanes) is 3. The van der Waals surface area contributed by atoms with Crippen molar-refractivity contribution < 1.29 is 0 Å². The van der Waals surface area contributed by atoms with Crippen LogP contribution in [0.2, 0.25) is 0 Å². The zero-order valence-corrected chi connectivity index (χ0v) is 16.2. The number of hydrogen-bond donors (Lipinski definition) is 0. The van der Waals surface area contributed by atoms with Crippen LogP contribution in [-0.4, -0.2) is 0 Å². The minimum Gasteiger partial charge on any atom is -0.193 e. The lowest BCUT2D eigenvalue weighted by Gasteiger charge is -2.14. The largest absolute Gasteiger partial charge is 0.193 e. The highest BCUT2D eigenvalue weighted by molar-refractivity contribution is 5.36. The Kier molecular flexibility index (Phi) is 19.6. The minimum atomic E-state index is 1.18. The molecule has 0 N–H and O–H groups in total. The predicted molar refractivity (Wildman–Crippen MR) is 109 cm³/mol. The second kappa shape index (κ2) is 19.2. The highest BCUT2D eigenvalue weighted by atomic mass is 14.2.